The smallest absolute Gasteiger partial charge is 0.368 e. The zero-order valence-electron chi connectivity index (χ0n) is 20.9. The molecule has 0 saturated carbocycles. The highest BCUT2D eigenvalue weighted by molar-refractivity contribution is 6.35. The average molecular weight is 544 g/mol. The molecule has 1 aliphatic heterocycles. The Hall–Kier alpha value is -1.96. The van der Waals surface area contributed by atoms with Gasteiger partial charge in [0.25, 0.3) is 0 Å². The number of carbonyl (C=O) groups excluding carboxylic acids is 1. The fourth-order valence-corrected chi connectivity index (χ4v) is 5.22. The first kappa shape index (κ1) is 28.6. The highest BCUT2D eigenvalue weighted by Crippen LogP contribution is 2.36. The summed E-state index contributed by atoms with van der Waals surface area (Å²) >= 11 is 12.3. The van der Waals surface area contributed by atoms with Crippen LogP contribution in [0.5, 0.6) is 0 Å². The van der Waals surface area contributed by atoms with E-state index in [0.717, 1.165) is 11.6 Å². The molecule has 36 heavy (non-hydrogen) atoms. The lowest BCUT2D eigenvalue weighted by atomic mass is 9.93. The maximum Gasteiger partial charge on any atom is 0.416 e. The third-order valence-corrected chi connectivity index (χ3v) is 7.32. The molecule has 0 radical (unpaired) electrons. The van der Waals surface area contributed by atoms with Crippen LogP contribution >= 0.6 is 23.2 Å². The van der Waals surface area contributed by atoms with Crippen molar-refractivity contribution in [2.45, 2.75) is 52.3 Å². The molecule has 0 bridgehead atoms. The second kappa shape index (κ2) is 12.1. The van der Waals surface area contributed by atoms with Gasteiger partial charge in [-0.3, -0.25) is 4.79 Å². The highest BCUT2D eigenvalue weighted by atomic mass is 35.5. The number of halogens is 5. The quantitative estimate of drug-likeness (QED) is 0.390. The summed E-state index contributed by atoms with van der Waals surface area (Å²) in [6.07, 6.45) is -2.65. The maximum atomic E-state index is 13.4. The molecule has 2 unspecified atom stereocenters. The van der Waals surface area contributed by atoms with E-state index in [2.05, 4.69) is 0 Å². The van der Waals surface area contributed by atoms with Crippen LogP contribution < -0.4 is 10.6 Å². The number of amides is 1. The van der Waals surface area contributed by atoms with Crippen LogP contribution in [0, 0.1) is 11.8 Å². The fourth-order valence-electron chi connectivity index (χ4n) is 4.74. The van der Waals surface area contributed by atoms with Gasteiger partial charge in [-0.2, -0.15) is 13.2 Å². The molecule has 1 saturated heterocycles. The van der Waals surface area contributed by atoms with E-state index in [1.807, 2.05) is 36.6 Å². The monoisotopic (exact) mass is 543 g/mol. The molecule has 2 atom stereocenters. The van der Waals surface area contributed by atoms with E-state index in [0.29, 0.717) is 66.7 Å². The lowest BCUT2D eigenvalue weighted by molar-refractivity contribution is -0.138. The summed E-state index contributed by atoms with van der Waals surface area (Å²) in [6, 6.07) is 8.61. The largest absolute Gasteiger partial charge is 0.416 e. The second-order valence-electron chi connectivity index (χ2n) is 9.86. The van der Waals surface area contributed by atoms with Crippen LogP contribution in [-0.2, 0) is 17.4 Å². The Morgan fingerprint density at radius 1 is 1.06 bits per heavy atom. The summed E-state index contributed by atoms with van der Waals surface area (Å²) in [6.45, 7) is 8.01. The summed E-state index contributed by atoms with van der Waals surface area (Å²) in [5.41, 5.74) is 7.77. The SMILES string of the molecule is CCC(Cc1ccc(Cl)cc1Cl)C(=O)N1CCN(c2ccc(C(F)(F)F)cc2C(N)CC(C)C)CC1. The minimum atomic E-state index is -4.43. The number of carbonyl (C=O) groups is 1. The molecule has 1 heterocycles. The zero-order chi connectivity index (χ0) is 26.6. The van der Waals surface area contributed by atoms with Crippen molar-refractivity contribution in [1.29, 1.82) is 0 Å². The van der Waals surface area contributed by atoms with Gasteiger partial charge in [0.15, 0.2) is 0 Å². The van der Waals surface area contributed by atoms with Crippen LogP contribution in [0.25, 0.3) is 0 Å². The first-order valence-corrected chi connectivity index (χ1v) is 13.1. The third kappa shape index (κ3) is 7.08. The number of nitrogens with zero attached hydrogens (tertiary/aromatic N) is 2. The minimum absolute atomic E-state index is 0.0623. The summed E-state index contributed by atoms with van der Waals surface area (Å²) in [5, 5.41) is 1.10. The van der Waals surface area contributed by atoms with Crippen molar-refractivity contribution >= 4 is 34.8 Å². The Morgan fingerprint density at radius 2 is 1.72 bits per heavy atom. The van der Waals surface area contributed by atoms with Crippen molar-refractivity contribution in [3.05, 3.63) is 63.1 Å². The van der Waals surface area contributed by atoms with Crippen LogP contribution in [0.15, 0.2) is 36.4 Å². The van der Waals surface area contributed by atoms with E-state index in [-0.39, 0.29) is 17.7 Å². The summed E-state index contributed by atoms with van der Waals surface area (Å²) in [7, 11) is 0. The van der Waals surface area contributed by atoms with Crippen LogP contribution in [0.2, 0.25) is 10.0 Å². The third-order valence-electron chi connectivity index (χ3n) is 6.74. The van der Waals surface area contributed by atoms with E-state index in [1.165, 1.54) is 12.1 Å². The molecule has 9 heteroatoms. The molecule has 0 aromatic heterocycles. The van der Waals surface area contributed by atoms with Gasteiger partial charge in [-0.05, 0) is 66.6 Å². The number of piperazine rings is 1. The molecule has 3 rings (SSSR count). The zero-order valence-corrected chi connectivity index (χ0v) is 22.4. The average Bonchev–Trinajstić information content (AvgIpc) is 2.82. The van der Waals surface area contributed by atoms with Crippen molar-refractivity contribution in [2.75, 3.05) is 31.1 Å². The van der Waals surface area contributed by atoms with Crippen LogP contribution in [0.1, 0.15) is 56.3 Å². The predicted octanol–water partition coefficient (Wildman–Crippen LogP) is 6.98. The van der Waals surface area contributed by atoms with Crippen LogP contribution in [0.3, 0.4) is 0 Å². The highest BCUT2D eigenvalue weighted by Gasteiger charge is 2.33. The van der Waals surface area contributed by atoms with Gasteiger partial charge in [-0.1, -0.05) is 50.0 Å². The Kier molecular flexibility index (Phi) is 9.58. The molecule has 1 aliphatic rings. The number of hydrogen-bond acceptors (Lipinski definition) is 3. The number of anilines is 1. The summed E-state index contributed by atoms with van der Waals surface area (Å²) in [4.78, 5) is 17.2. The molecule has 1 fully saturated rings. The van der Waals surface area contributed by atoms with Gasteiger partial charge in [0, 0.05) is 53.9 Å². The molecular weight excluding hydrogens is 510 g/mol. The fraction of sp³-hybridized carbons (Fsp3) is 0.519. The van der Waals surface area contributed by atoms with Crippen molar-refractivity contribution in [2.24, 2.45) is 17.6 Å². The molecule has 198 valence electrons. The van der Waals surface area contributed by atoms with Crippen LogP contribution in [0.4, 0.5) is 18.9 Å². The number of benzene rings is 2. The van der Waals surface area contributed by atoms with Gasteiger partial charge < -0.3 is 15.5 Å². The van der Waals surface area contributed by atoms with Gasteiger partial charge in [0.05, 0.1) is 5.56 Å². The Bertz CT molecular complexity index is 1050. The Morgan fingerprint density at radius 3 is 2.28 bits per heavy atom. The molecule has 2 aromatic rings. The second-order valence-corrected chi connectivity index (χ2v) is 10.7. The number of nitrogens with two attached hydrogens (primary N) is 1. The Balaban J connectivity index is 1.73. The lowest BCUT2D eigenvalue weighted by Crippen LogP contribution is -2.51. The van der Waals surface area contributed by atoms with Crippen molar-refractivity contribution in [1.82, 2.24) is 4.90 Å². The van der Waals surface area contributed by atoms with E-state index >= 15 is 0 Å². The van der Waals surface area contributed by atoms with Gasteiger partial charge in [-0.25, -0.2) is 0 Å². The van der Waals surface area contributed by atoms with Gasteiger partial charge in [-0.15, -0.1) is 0 Å². The van der Waals surface area contributed by atoms with E-state index in [1.54, 1.807) is 12.1 Å². The Labute approximate surface area is 221 Å². The van der Waals surface area contributed by atoms with Gasteiger partial charge in [0.1, 0.15) is 0 Å². The standard InChI is InChI=1S/C27H34Cl2F3N3O/c1-4-18(14-19-5-7-21(28)16-23(19)29)26(36)35-11-9-34(10-12-35)25-8-6-20(27(30,31)32)15-22(25)24(33)13-17(2)3/h5-8,15-18,24H,4,9-14,33H2,1-3H3. The molecule has 0 aliphatic carbocycles. The van der Waals surface area contributed by atoms with Crippen LogP contribution in [-0.4, -0.2) is 37.0 Å². The topological polar surface area (TPSA) is 49.6 Å². The summed E-state index contributed by atoms with van der Waals surface area (Å²) < 4.78 is 40.2. The molecule has 4 nitrogen and oxygen atoms in total. The first-order chi connectivity index (χ1) is 16.9. The number of rotatable bonds is 8. The maximum absolute atomic E-state index is 13.4. The predicted molar refractivity (Wildman–Crippen MR) is 141 cm³/mol. The first-order valence-electron chi connectivity index (χ1n) is 12.3. The molecule has 2 aromatic carbocycles. The molecular formula is C27H34Cl2F3N3O. The molecule has 2 N–H and O–H groups in total. The van der Waals surface area contributed by atoms with Crippen molar-refractivity contribution in [3.63, 3.8) is 0 Å². The lowest BCUT2D eigenvalue weighted by Gasteiger charge is -2.39. The minimum Gasteiger partial charge on any atom is -0.368 e. The van der Waals surface area contributed by atoms with E-state index < -0.39 is 17.8 Å². The summed E-state index contributed by atoms with van der Waals surface area (Å²) in [5.74, 6) is 0.0978. The van der Waals surface area contributed by atoms with Crippen molar-refractivity contribution in [3.8, 4) is 0 Å². The van der Waals surface area contributed by atoms with E-state index in [4.69, 9.17) is 28.9 Å². The van der Waals surface area contributed by atoms with Crippen molar-refractivity contribution < 1.29 is 18.0 Å². The molecule has 1 amide bonds. The van der Waals surface area contributed by atoms with Gasteiger partial charge in [0.2, 0.25) is 5.91 Å². The van der Waals surface area contributed by atoms with E-state index in [9.17, 15) is 18.0 Å². The number of hydrogen-bond donors (Lipinski definition) is 1. The van der Waals surface area contributed by atoms with Gasteiger partial charge >= 0.3 is 6.18 Å². The molecule has 0 spiro atoms. The number of alkyl halides is 3. The normalized spacial score (nSPS) is 16.4.